The maximum atomic E-state index is 12.1. The van der Waals surface area contributed by atoms with Gasteiger partial charge in [-0.1, -0.05) is 0 Å². The van der Waals surface area contributed by atoms with Crippen LogP contribution in [-0.4, -0.2) is 30.2 Å². The Morgan fingerprint density at radius 2 is 1.67 bits per heavy atom. The molecule has 0 saturated carbocycles. The molecule has 0 saturated heterocycles. The molecule has 0 atom stereocenters. The normalized spacial score (nSPS) is 11.6. The van der Waals surface area contributed by atoms with Gasteiger partial charge in [-0.2, -0.15) is 0 Å². The molecule has 0 aliphatic heterocycles. The third-order valence-electron chi connectivity index (χ3n) is 3.13. The summed E-state index contributed by atoms with van der Waals surface area (Å²) in [6.45, 7) is 3.87. The van der Waals surface area contributed by atoms with Crippen LogP contribution < -0.4 is 9.64 Å². The molecule has 2 aromatic rings. The molecule has 2 rings (SSSR count). The van der Waals surface area contributed by atoms with E-state index in [4.69, 9.17) is 0 Å². The van der Waals surface area contributed by atoms with Gasteiger partial charge < -0.3 is 9.64 Å². The van der Waals surface area contributed by atoms with Crippen LogP contribution in [0.15, 0.2) is 24.3 Å². The molecular formula is C14H16F3N3O. The molecule has 0 N–H and O–H groups in total. The molecule has 0 bridgehead atoms. The van der Waals surface area contributed by atoms with Crippen LogP contribution in [0.25, 0.3) is 5.69 Å². The first-order valence-electron chi connectivity index (χ1n) is 6.29. The third kappa shape index (κ3) is 3.29. The van der Waals surface area contributed by atoms with E-state index in [9.17, 15) is 13.2 Å². The number of alkyl halides is 3. The number of ether oxygens (including phenoxy) is 1. The quantitative estimate of drug-likeness (QED) is 0.869. The van der Waals surface area contributed by atoms with E-state index >= 15 is 0 Å². The van der Waals surface area contributed by atoms with Gasteiger partial charge in [0.05, 0.1) is 5.69 Å². The number of aromatic nitrogens is 2. The Hall–Kier alpha value is -2.18. The lowest BCUT2D eigenvalue weighted by Gasteiger charge is -2.10. The minimum atomic E-state index is -4.68. The van der Waals surface area contributed by atoms with Crippen molar-refractivity contribution < 1.29 is 17.9 Å². The van der Waals surface area contributed by atoms with Crippen LogP contribution in [0, 0.1) is 13.8 Å². The van der Waals surface area contributed by atoms with Gasteiger partial charge in [-0.25, -0.2) is 4.68 Å². The van der Waals surface area contributed by atoms with Gasteiger partial charge in [0, 0.05) is 25.4 Å². The smallest absolute Gasteiger partial charge is 0.406 e. The molecule has 1 heterocycles. The second kappa shape index (κ2) is 5.31. The minimum absolute atomic E-state index is 0.249. The highest BCUT2D eigenvalue weighted by Gasteiger charge is 2.31. The van der Waals surface area contributed by atoms with Crippen molar-refractivity contribution >= 4 is 5.82 Å². The average Bonchev–Trinajstić information content (AvgIpc) is 2.66. The van der Waals surface area contributed by atoms with Gasteiger partial charge in [0.25, 0.3) is 0 Å². The van der Waals surface area contributed by atoms with Crippen LogP contribution in [0.3, 0.4) is 0 Å². The highest BCUT2D eigenvalue weighted by molar-refractivity contribution is 5.50. The van der Waals surface area contributed by atoms with Crippen LogP contribution in [0.4, 0.5) is 19.0 Å². The molecule has 0 radical (unpaired) electrons. The van der Waals surface area contributed by atoms with Gasteiger partial charge in [0.15, 0.2) is 5.82 Å². The Kier molecular flexibility index (Phi) is 3.85. The Morgan fingerprint density at radius 3 is 2.10 bits per heavy atom. The molecule has 0 aliphatic rings. The minimum Gasteiger partial charge on any atom is -0.406 e. The lowest BCUT2D eigenvalue weighted by molar-refractivity contribution is -0.274. The zero-order valence-electron chi connectivity index (χ0n) is 12.2. The van der Waals surface area contributed by atoms with Crippen molar-refractivity contribution in [2.45, 2.75) is 20.2 Å². The van der Waals surface area contributed by atoms with Crippen molar-refractivity contribution in [2.75, 3.05) is 19.0 Å². The van der Waals surface area contributed by atoms with E-state index in [-0.39, 0.29) is 5.75 Å². The van der Waals surface area contributed by atoms with E-state index in [0.717, 1.165) is 17.1 Å². The molecule has 0 spiro atoms. The van der Waals surface area contributed by atoms with Crippen LogP contribution in [0.5, 0.6) is 5.75 Å². The van der Waals surface area contributed by atoms with E-state index in [2.05, 4.69) is 9.84 Å². The van der Waals surface area contributed by atoms with Crippen molar-refractivity contribution in [3.05, 3.63) is 35.5 Å². The fourth-order valence-electron chi connectivity index (χ4n) is 2.03. The van der Waals surface area contributed by atoms with E-state index in [1.807, 2.05) is 32.8 Å². The van der Waals surface area contributed by atoms with Gasteiger partial charge in [-0.15, -0.1) is 18.3 Å². The maximum Gasteiger partial charge on any atom is 0.573 e. The van der Waals surface area contributed by atoms with Crippen molar-refractivity contribution in [1.82, 2.24) is 9.78 Å². The number of nitrogens with zero attached hydrogens (tertiary/aromatic N) is 3. The van der Waals surface area contributed by atoms with Crippen LogP contribution in [-0.2, 0) is 0 Å². The first-order chi connectivity index (χ1) is 9.69. The summed E-state index contributed by atoms with van der Waals surface area (Å²) in [5.41, 5.74) is 2.64. The highest BCUT2D eigenvalue weighted by Crippen LogP contribution is 2.26. The van der Waals surface area contributed by atoms with Gasteiger partial charge in [-0.3, -0.25) is 0 Å². The molecule has 114 valence electrons. The zero-order valence-corrected chi connectivity index (χ0v) is 12.2. The first kappa shape index (κ1) is 15.2. The molecule has 0 fully saturated rings. The number of hydrogen-bond acceptors (Lipinski definition) is 3. The number of rotatable bonds is 3. The molecule has 0 unspecified atom stereocenters. The Balaban J connectivity index is 2.33. The predicted octanol–water partition coefficient (Wildman–Crippen LogP) is 3.45. The molecule has 0 amide bonds. The summed E-state index contributed by atoms with van der Waals surface area (Å²) >= 11 is 0. The summed E-state index contributed by atoms with van der Waals surface area (Å²) in [7, 11) is 3.78. The van der Waals surface area contributed by atoms with Gasteiger partial charge >= 0.3 is 6.36 Å². The van der Waals surface area contributed by atoms with E-state index in [0.29, 0.717) is 5.69 Å². The van der Waals surface area contributed by atoms with E-state index < -0.39 is 6.36 Å². The van der Waals surface area contributed by atoms with Gasteiger partial charge in [-0.05, 0) is 38.1 Å². The van der Waals surface area contributed by atoms with Gasteiger partial charge in [0.2, 0.25) is 0 Å². The van der Waals surface area contributed by atoms with E-state index in [1.54, 1.807) is 16.8 Å². The maximum absolute atomic E-state index is 12.1. The van der Waals surface area contributed by atoms with Crippen molar-refractivity contribution in [3.8, 4) is 11.4 Å². The molecule has 4 nitrogen and oxygen atoms in total. The van der Waals surface area contributed by atoms with Crippen LogP contribution >= 0.6 is 0 Å². The summed E-state index contributed by atoms with van der Waals surface area (Å²) in [6, 6.07) is 5.63. The topological polar surface area (TPSA) is 30.3 Å². The summed E-state index contributed by atoms with van der Waals surface area (Å²) in [6.07, 6.45) is -4.68. The van der Waals surface area contributed by atoms with Crippen molar-refractivity contribution in [2.24, 2.45) is 0 Å². The summed E-state index contributed by atoms with van der Waals surface area (Å²) in [5, 5.41) is 4.46. The lowest BCUT2D eigenvalue weighted by atomic mass is 10.2. The molecule has 21 heavy (non-hydrogen) atoms. The molecule has 7 heteroatoms. The summed E-state index contributed by atoms with van der Waals surface area (Å²) in [5.74, 6) is 0.573. The highest BCUT2D eigenvalue weighted by atomic mass is 19.4. The van der Waals surface area contributed by atoms with Crippen LogP contribution in [0.1, 0.15) is 11.3 Å². The Labute approximate surface area is 120 Å². The number of anilines is 1. The van der Waals surface area contributed by atoms with Crippen LogP contribution in [0.2, 0.25) is 0 Å². The average molecular weight is 299 g/mol. The fourth-order valence-corrected chi connectivity index (χ4v) is 2.03. The second-order valence-electron chi connectivity index (χ2n) is 4.88. The second-order valence-corrected chi connectivity index (χ2v) is 4.88. The number of hydrogen-bond donors (Lipinski definition) is 0. The summed E-state index contributed by atoms with van der Waals surface area (Å²) in [4.78, 5) is 1.89. The molecule has 1 aromatic carbocycles. The Bertz CT molecular complexity index is 630. The third-order valence-corrected chi connectivity index (χ3v) is 3.13. The first-order valence-corrected chi connectivity index (χ1v) is 6.29. The predicted molar refractivity (Wildman–Crippen MR) is 74.0 cm³/mol. The summed E-state index contributed by atoms with van der Waals surface area (Å²) < 4.78 is 41.9. The standard InChI is InChI=1S/C14H16F3N3O/c1-9-10(2)20(18-13(9)19(3)4)11-5-7-12(8-6-11)21-14(15,16)17/h5-8H,1-4H3. The van der Waals surface area contributed by atoms with Gasteiger partial charge in [0.1, 0.15) is 5.75 Å². The SMILES string of the molecule is Cc1c(N(C)C)nn(-c2ccc(OC(F)(F)F)cc2)c1C. The molecule has 1 aromatic heterocycles. The zero-order chi connectivity index (χ0) is 15.8. The van der Waals surface area contributed by atoms with Crippen molar-refractivity contribution in [1.29, 1.82) is 0 Å². The number of benzene rings is 1. The van der Waals surface area contributed by atoms with Crippen molar-refractivity contribution in [3.63, 3.8) is 0 Å². The molecule has 0 aliphatic carbocycles. The number of halogens is 3. The monoisotopic (exact) mass is 299 g/mol. The van der Waals surface area contributed by atoms with E-state index in [1.165, 1.54) is 12.1 Å². The largest absolute Gasteiger partial charge is 0.573 e. The Morgan fingerprint density at radius 1 is 1.10 bits per heavy atom. The molecular weight excluding hydrogens is 283 g/mol. The lowest BCUT2D eigenvalue weighted by Crippen LogP contribution is -2.17. The fraction of sp³-hybridized carbons (Fsp3) is 0.357.